The molecule has 1 aromatic carbocycles. The van der Waals surface area contributed by atoms with Gasteiger partial charge in [-0.05, 0) is 25.0 Å². The molecule has 2 bridgehead atoms. The molecular formula is C18H19N3O3. The first-order valence-corrected chi connectivity index (χ1v) is 8.07. The van der Waals surface area contributed by atoms with Gasteiger partial charge in [0.2, 0.25) is 0 Å². The molecule has 4 rings (SSSR count). The third-order valence-corrected chi connectivity index (χ3v) is 4.99. The second kappa shape index (κ2) is 5.78. The topological polar surface area (TPSA) is 64.6 Å². The molecule has 2 aromatic rings. The van der Waals surface area contributed by atoms with Crippen LogP contribution < -0.4 is 9.47 Å². The highest BCUT2D eigenvalue weighted by molar-refractivity contribution is 6.00. The van der Waals surface area contributed by atoms with Crippen LogP contribution in [0.25, 0.3) is 0 Å². The Bertz CT molecular complexity index is 771. The van der Waals surface area contributed by atoms with Crippen molar-refractivity contribution in [2.75, 3.05) is 14.2 Å². The Morgan fingerprint density at radius 2 is 1.96 bits per heavy atom. The summed E-state index contributed by atoms with van der Waals surface area (Å²) in [6.07, 6.45) is 6.11. The molecule has 24 heavy (non-hydrogen) atoms. The quantitative estimate of drug-likeness (QED) is 0.867. The zero-order valence-corrected chi connectivity index (χ0v) is 13.7. The normalized spacial score (nSPS) is 21.3. The molecule has 0 N–H and O–H groups in total. The van der Waals surface area contributed by atoms with Crippen LogP contribution in [0.2, 0.25) is 0 Å². The van der Waals surface area contributed by atoms with Gasteiger partial charge in [0.1, 0.15) is 23.4 Å². The molecule has 1 fully saturated rings. The molecule has 2 aliphatic heterocycles. The highest BCUT2D eigenvalue weighted by Gasteiger charge is 2.44. The highest BCUT2D eigenvalue weighted by atomic mass is 16.5. The van der Waals surface area contributed by atoms with Crippen molar-refractivity contribution in [3.8, 4) is 11.5 Å². The Balaban J connectivity index is 1.77. The number of fused-ring (bicyclic) bond motifs is 4. The molecule has 2 aliphatic rings. The monoisotopic (exact) mass is 325 g/mol. The Kier molecular flexibility index (Phi) is 3.59. The van der Waals surface area contributed by atoms with Crippen molar-refractivity contribution < 1.29 is 14.3 Å². The first-order chi connectivity index (χ1) is 11.7. The summed E-state index contributed by atoms with van der Waals surface area (Å²) in [5.74, 6) is 1.02. The Morgan fingerprint density at radius 3 is 2.67 bits per heavy atom. The third kappa shape index (κ3) is 2.13. The van der Waals surface area contributed by atoms with E-state index in [1.54, 1.807) is 32.7 Å². The van der Waals surface area contributed by atoms with Crippen molar-refractivity contribution in [3.05, 3.63) is 47.5 Å². The zero-order chi connectivity index (χ0) is 16.7. The molecule has 2 atom stereocenters. The average Bonchev–Trinajstić information content (AvgIpc) is 2.95. The number of methoxy groups -OCH3 is 2. The predicted octanol–water partition coefficient (Wildman–Crippen LogP) is 2.40. The number of benzene rings is 1. The van der Waals surface area contributed by atoms with Crippen LogP contribution >= 0.6 is 0 Å². The van der Waals surface area contributed by atoms with E-state index in [1.165, 1.54) is 0 Å². The number of amides is 1. The van der Waals surface area contributed by atoms with Gasteiger partial charge in [-0.1, -0.05) is 6.07 Å². The fraction of sp³-hybridized carbons (Fsp3) is 0.389. The number of carbonyl (C=O) groups is 1. The van der Waals surface area contributed by atoms with Crippen LogP contribution in [-0.2, 0) is 6.42 Å². The number of nitrogens with zero attached hydrogens (tertiary/aromatic N) is 3. The molecule has 1 amide bonds. The summed E-state index contributed by atoms with van der Waals surface area (Å²) in [6, 6.07) is 5.60. The highest BCUT2D eigenvalue weighted by Crippen LogP contribution is 2.45. The Hall–Kier alpha value is -2.63. The first kappa shape index (κ1) is 14.9. The summed E-state index contributed by atoms with van der Waals surface area (Å²) in [7, 11) is 3.14. The molecule has 3 heterocycles. The number of carbonyl (C=O) groups excluding carboxylic acids is 1. The van der Waals surface area contributed by atoms with Gasteiger partial charge >= 0.3 is 0 Å². The van der Waals surface area contributed by atoms with Crippen LogP contribution in [0, 0.1) is 0 Å². The number of ether oxygens (including phenoxy) is 2. The van der Waals surface area contributed by atoms with Crippen molar-refractivity contribution in [2.24, 2.45) is 0 Å². The van der Waals surface area contributed by atoms with Gasteiger partial charge in [-0.3, -0.25) is 4.79 Å². The Labute approximate surface area is 140 Å². The van der Waals surface area contributed by atoms with Gasteiger partial charge in [-0.15, -0.1) is 0 Å². The molecule has 6 nitrogen and oxygen atoms in total. The third-order valence-electron chi connectivity index (χ3n) is 4.99. The minimum Gasteiger partial charge on any atom is -0.496 e. The van der Waals surface area contributed by atoms with Gasteiger partial charge in [0.05, 0.1) is 26.0 Å². The van der Waals surface area contributed by atoms with E-state index in [-0.39, 0.29) is 18.0 Å². The number of hydrogen-bond acceptors (Lipinski definition) is 5. The van der Waals surface area contributed by atoms with Gasteiger partial charge in [0.25, 0.3) is 5.91 Å². The SMILES string of the molecule is COc1cccc(OC)c1C(=O)N1C2CCC1c1cncnc1C2. The summed E-state index contributed by atoms with van der Waals surface area (Å²) >= 11 is 0. The molecule has 2 unspecified atom stereocenters. The number of rotatable bonds is 3. The molecular weight excluding hydrogens is 306 g/mol. The molecule has 124 valence electrons. The van der Waals surface area contributed by atoms with Crippen molar-refractivity contribution in [1.29, 1.82) is 0 Å². The summed E-state index contributed by atoms with van der Waals surface area (Å²) in [5, 5.41) is 0. The van der Waals surface area contributed by atoms with Gasteiger partial charge in [0, 0.05) is 24.2 Å². The lowest BCUT2D eigenvalue weighted by molar-refractivity contribution is 0.0637. The predicted molar refractivity (Wildman–Crippen MR) is 87.2 cm³/mol. The smallest absolute Gasteiger partial charge is 0.262 e. The van der Waals surface area contributed by atoms with Gasteiger partial charge < -0.3 is 14.4 Å². The average molecular weight is 325 g/mol. The lowest BCUT2D eigenvalue weighted by Gasteiger charge is -2.36. The standard InChI is InChI=1S/C18H19N3O3/c1-23-15-4-3-5-16(24-2)17(15)18(22)21-11-6-7-14(21)12-9-19-10-20-13(12)8-11/h3-5,9-11,14H,6-8H2,1-2H3. The Morgan fingerprint density at radius 1 is 1.21 bits per heavy atom. The minimum absolute atomic E-state index is 0.0297. The maximum atomic E-state index is 13.4. The molecule has 0 radical (unpaired) electrons. The van der Waals surface area contributed by atoms with E-state index >= 15 is 0 Å². The molecule has 0 saturated carbocycles. The molecule has 0 spiro atoms. The van der Waals surface area contributed by atoms with Crippen molar-refractivity contribution >= 4 is 5.91 Å². The van der Waals surface area contributed by atoms with Crippen molar-refractivity contribution in [3.63, 3.8) is 0 Å². The largest absolute Gasteiger partial charge is 0.496 e. The van der Waals surface area contributed by atoms with Crippen LogP contribution in [0.5, 0.6) is 11.5 Å². The second-order valence-corrected chi connectivity index (χ2v) is 6.13. The van der Waals surface area contributed by atoms with Crippen LogP contribution in [-0.4, -0.2) is 41.0 Å². The van der Waals surface area contributed by atoms with Crippen molar-refractivity contribution in [1.82, 2.24) is 14.9 Å². The lowest BCUT2D eigenvalue weighted by atomic mass is 9.98. The van der Waals surface area contributed by atoms with Gasteiger partial charge in [0.15, 0.2) is 0 Å². The van der Waals surface area contributed by atoms with Crippen LogP contribution in [0.4, 0.5) is 0 Å². The molecule has 0 aliphatic carbocycles. The van der Waals surface area contributed by atoms with E-state index in [4.69, 9.17) is 9.47 Å². The molecule has 1 aromatic heterocycles. The summed E-state index contributed by atoms with van der Waals surface area (Å²) in [5.41, 5.74) is 2.61. The lowest BCUT2D eigenvalue weighted by Crippen LogP contribution is -2.42. The van der Waals surface area contributed by atoms with Crippen LogP contribution in [0.3, 0.4) is 0 Å². The van der Waals surface area contributed by atoms with Gasteiger partial charge in [-0.25, -0.2) is 9.97 Å². The zero-order valence-electron chi connectivity index (χ0n) is 13.7. The maximum Gasteiger partial charge on any atom is 0.262 e. The first-order valence-electron chi connectivity index (χ1n) is 8.07. The number of hydrogen-bond donors (Lipinski definition) is 0. The van der Waals surface area contributed by atoms with Crippen LogP contribution in [0.15, 0.2) is 30.7 Å². The minimum atomic E-state index is -0.0497. The fourth-order valence-electron chi connectivity index (χ4n) is 3.92. The van der Waals surface area contributed by atoms with E-state index in [1.807, 2.05) is 17.2 Å². The molecule has 6 heteroatoms. The van der Waals surface area contributed by atoms with Crippen LogP contribution in [0.1, 0.15) is 40.5 Å². The van der Waals surface area contributed by atoms with E-state index in [0.717, 1.165) is 30.5 Å². The summed E-state index contributed by atoms with van der Waals surface area (Å²) < 4.78 is 10.8. The van der Waals surface area contributed by atoms with E-state index in [0.29, 0.717) is 17.1 Å². The van der Waals surface area contributed by atoms with Crippen molar-refractivity contribution in [2.45, 2.75) is 31.3 Å². The van der Waals surface area contributed by atoms with E-state index in [9.17, 15) is 4.79 Å². The summed E-state index contributed by atoms with van der Waals surface area (Å²) in [4.78, 5) is 23.9. The van der Waals surface area contributed by atoms with Gasteiger partial charge in [-0.2, -0.15) is 0 Å². The van der Waals surface area contributed by atoms with E-state index in [2.05, 4.69) is 9.97 Å². The number of aromatic nitrogens is 2. The summed E-state index contributed by atoms with van der Waals surface area (Å²) in [6.45, 7) is 0. The van der Waals surface area contributed by atoms with E-state index < -0.39 is 0 Å². The fourth-order valence-corrected chi connectivity index (χ4v) is 3.92. The second-order valence-electron chi connectivity index (χ2n) is 6.13. The molecule has 1 saturated heterocycles. The maximum absolute atomic E-state index is 13.4.